The first-order chi connectivity index (χ1) is 6.81. The van der Waals surface area contributed by atoms with E-state index in [1.807, 2.05) is 13.8 Å². The molecular formula is C9H17F4NO. The third-order valence-electron chi connectivity index (χ3n) is 2.09. The van der Waals surface area contributed by atoms with E-state index in [0.717, 1.165) is 0 Å². The van der Waals surface area contributed by atoms with Crippen LogP contribution in [0.4, 0.5) is 17.6 Å². The van der Waals surface area contributed by atoms with Gasteiger partial charge in [-0.05, 0) is 13.0 Å². The molecule has 15 heavy (non-hydrogen) atoms. The van der Waals surface area contributed by atoms with E-state index in [-0.39, 0.29) is 18.6 Å². The molecule has 0 amide bonds. The summed E-state index contributed by atoms with van der Waals surface area (Å²) < 4.78 is 52.9. The molecule has 0 rings (SSSR count). The second-order valence-electron chi connectivity index (χ2n) is 3.72. The highest BCUT2D eigenvalue weighted by Crippen LogP contribution is 2.22. The number of nitrogens with one attached hydrogen (secondary N) is 1. The van der Waals surface area contributed by atoms with Gasteiger partial charge in [-0.15, -0.1) is 0 Å². The quantitative estimate of drug-likeness (QED) is 0.678. The van der Waals surface area contributed by atoms with Crippen LogP contribution in [0, 0.1) is 5.92 Å². The molecule has 0 aliphatic heterocycles. The van der Waals surface area contributed by atoms with Crippen molar-refractivity contribution in [1.29, 1.82) is 0 Å². The smallest absolute Gasteiger partial charge is 0.330 e. The zero-order chi connectivity index (χ0) is 12.1. The summed E-state index contributed by atoms with van der Waals surface area (Å²) in [4.78, 5) is 0. The van der Waals surface area contributed by atoms with Crippen LogP contribution in [0.5, 0.6) is 0 Å². The van der Waals surface area contributed by atoms with Gasteiger partial charge in [-0.3, -0.25) is 0 Å². The van der Waals surface area contributed by atoms with Crippen LogP contribution in [0.1, 0.15) is 13.8 Å². The lowest BCUT2D eigenvalue weighted by Gasteiger charge is -2.22. The molecule has 0 saturated carbocycles. The van der Waals surface area contributed by atoms with Crippen LogP contribution in [0.3, 0.4) is 0 Å². The molecule has 0 radical (unpaired) electrons. The van der Waals surface area contributed by atoms with E-state index in [2.05, 4.69) is 10.1 Å². The molecule has 0 aliphatic rings. The fraction of sp³-hybridized carbons (Fsp3) is 1.00. The molecule has 0 aliphatic carbocycles. The van der Waals surface area contributed by atoms with Crippen LogP contribution in [0.2, 0.25) is 0 Å². The molecule has 0 aromatic rings. The van der Waals surface area contributed by atoms with E-state index in [4.69, 9.17) is 0 Å². The predicted molar refractivity (Wildman–Crippen MR) is 49.5 cm³/mol. The van der Waals surface area contributed by atoms with Crippen LogP contribution in [-0.2, 0) is 4.74 Å². The molecule has 0 aromatic carbocycles. The van der Waals surface area contributed by atoms with Crippen LogP contribution in [0.25, 0.3) is 0 Å². The maximum Gasteiger partial charge on any atom is 0.330 e. The van der Waals surface area contributed by atoms with E-state index in [1.165, 1.54) is 0 Å². The highest BCUT2D eigenvalue weighted by Gasteiger charge is 2.41. The molecular weight excluding hydrogens is 214 g/mol. The van der Waals surface area contributed by atoms with Gasteiger partial charge in [-0.2, -0.15) is 8.78 Å². The first-order valence-corrected chi connectivity index (χ1v) is 4.72. The van der Waals surface area contributed by atoms with Crippen LogP contribution in [0.15, 0.2) is 0 Å². The summed E-state index contributed by atoms with van der Waals surface area (Å²) >= 11 is 0. The average molecular weight is 231 g/mol. The number of hydrogen-bond acceptors (Lipinski definition) is 2. The number of ether oxygens (including phenoxy) is 1. The predicted octanol–water partition coefficient (Wildman–Crippen LogP) is 2.15. The molecule has 0 bridgehead atoms. The maximum absolute atomic E-state index is 12.4. The largest absolute Gasteiger partial charge is 0.373 e. The molecule has 0 aromatic heterocycles. The summed E-state index contributed by atoms with van der Waals surface area (Å²) in [7, 11) is 1.67. The summed E-state index contributed by atoms with van der Waals surface area (Å²) in [5.74, 6) is -3.87. The lowest BCUT2D eigenvalue weighted by molar-refractivity contribution is -0.167. The number of likely N-dealkylation sites (N-methyl/N-ethyl adjacent to an activating group) is 1. The van der Waals surface area contributed by atoms with Crippen LogP contribution in [-0.4, -0.2) is 38.7 Å². The first kappa shape index (κ1) is 14.6. The van der Waals surface area contributed by atoms with Gasteiger partial charge in [-0.1, -0.05) is 13.8 Å². The number of alkyl halides is 4. The minimum absolute atomic E-state index is 0.00350. The molecule has 6 heteroatoms. The number of halogens is 4. The lowest BCUT2D eigenvalue weighted by Crippen LogP contribution is -2.38. The van der Waals surface area contributed by atoms with Crippen molar-refractivity contribution in [3.8, 4) is 0 Å². The summed E-state index contributed by atoms with van der Waals surface area (Å²) in [5.41, 5.74) is 0. The van der Waals surface area contributed by atoms with Crippen molar-refractivity contribution in [1.82, 2.24) is 5.32 Å². The molecule has 2 nitrogen and oxygen atoms in total. The van der Waals surface area contributed by atoms with Gasteiger partial charge in [0.2, 0.25) is 0 Å². The standard InChI is InChI=1S/C9H17F4NO/c1-6(2)7(14-3)4-15-5-9(12,13)8(10)11/h6-8,14H,4-5H2,1-3H3. The molecule has 1 N–H and O–H groups in total. The van der Waals surface area contributed by atoms with Crippen molar-refractivity contribution < 1.29 is 22.3 Å². The Morgan fingerprint density at radius 1 is 1.27 bits per heavy atom. The summed E-state index contributed by atoms with van der Waals surface area (Å²) in [5, 5.41) is 2.86. The summed E-state index contributed by atoms with van der Waals surface area (Å²) in [6.45, 7) is 2.53. The Kier molecular flexibility index (Phi) is 6.12. The van der Waals surface area contributed by atoms with E-state index in [1.54, 1.807) is 7.05 Å². The topological polar surface area (TPSA) is 21.3 Å². The third kappa shape index (κ3) is 5.32. The molecule has 0 saturated heterocycles. The Labute approximate surface area is 87.0 Å². The van der Waals surface area contributed by atoms with Crippen LogP contribution < -0.4 is 5.32 Å². The van der Waals surface area contributed by atoms with Gasteiger partial charge < -0.3 is 10.1 Å². The van der Waals surface area contributed by atoms with Crippen molar-refractivity contribution in [2.75, 3.05) is 20.3 Å². The fourth-order valence-electron chi connectivity index (χ4n) is 0.994. The van der Waals surface area contributed by atoms with Gasteiger partial charge >= 0.3 is 12.3 Å². The van der Waals surface area contributed by atoms with E-state index in [9.17, 15) is 17.6 Å². The number of rotatable bonds is 7. The van der Waals surface area contributed by atoms with Crippen molar-refractivity contribution in [3.63, 3.8) is 0 Å². The second-order valence-corrected chi connectivity index (χ2v) is 3.72. The van der Waals surface area contributed by atoms with E-state index in [0.29, 0.717) is 0 Å². The van der Waals surface area contributed by atoms with Crippen molar-refractivity contribution in [2.24, 2.45) is 5.92 Å². The van der Waals surface area contributed by atoms with Gasteiger partial charge in [0, 0.05) is 6.04 Å². The maximum atomic E-state index is 12.4. The van der Waals surface area contributed by atoms with E-state index < -0.39 is 19.0 Å². The minimum Gasteiger partial charge on any atom is -0.373 e. The fourth-order valence-corrected chi connectivity index (χ4v) is 0.994. The Morgan fingerprint density at radius 2 is 1.80 bits per heavy atom. The Morgan fingerprint density at radius 3 is 2.13 bits per heavy atom. The highest BCUT2D eigenvalue weighted by atomic mass is 19.3. The average Bonchev–Trinajstić information content (AvgIpc) is 2.11. The molecule has 1 unspecified atom stereocenters. The molecule has 0 spiro atoms. The SMILES string of the molecule is CNC(COCC(F)(F)C(F)F)C(C)C. The molecule has 0 heterocycles. The molecule has 92 valence electrons. The Hall–Kier alpha value is -0.360. The first-order valence-electron chi connectivity index (χ1n) is 4.72. The third-order valence-corrected chi connectivity index (χ3v) is 2.09. The Bertz CT molecular complexity index is 175. The normalized spacial score (nSPS) is 15.0. The van der Waals surface area contributed by atoms with Crippen molar-refractivity contribution in [3.05, 3.63) is 0 Å². The Balaban J connectivity index is 3.87. The van der Waals surface area contributed by atoms with Gasteiger partial charge in [0.15, 0.2) is 0 Å². The zero-order valence-corrected chi connectivity index (χ0v) is 9.07. The molecule has 0 fully saturated rings. The summed E-state index contributed by atoms with van der Waals surface area (Å²) in [6.07, 6.45) is -3.68. The van der Waals surface area contributed by atoms with Crippen LogP contribution >= 0.6 is 0 Å². The van der Waals surface area contributed by atoms with Gasteiger partial charge in [0.05, 0.1) is 6.61 Å². The monoisotopic (exact) mass is 231 g/mol. The van der Waals surface area contributed by atoms with Crippen molar-refractivity contribution >= 4 is 0 Å². The van der Waals surface area contributed by atoms with Gasteiger partial charge in [0.1, 0.15) is 6.61 Å². The highest BCUT2D eigenvalue weighted by molar-refractivity contribution is 4.71. The molecule has 1 atom stereocenters. The van der Waals surface area contributed by atoms with E-state index >= 15 is 0 Å². The second kappa shape index (κ2) is 6.27. The van der Waals surface area contributed by atoms with Gasteiger partial charge in [0.25, 0.3) is 0 Å². The van der Waals surface area contributed by atoms with Gasteiger partial charge in [-0.25, -0.2) is 8.78 Å². The number of hydrogen-bond donors (Lipinski definition) is 1. The minimum atomic E-state index is -4.06. The lowest BCUT2D eigenvalue weighted by atomic mass is 10.1. The summed E-state index contributed by atoms with van der Waals surface area (Å²) in [6, 6.07) is -0.113. The van der Waals surface area contributed by atoms with Crippen molar-refractivity contribution in [2.45, 2.75) is 32.2 Å². The zero-order valence-electron chi connectivity index (χ0n) is 9.07.